The van der Waals surface area contributed by atoms with Crippen LogP contribution in [-0.2, 0) is 126 Å². The minimum atomic E-state index is -5.61. The van der Waals surface area contributed by atoms with Gasteiger partial charge in [-0.05, 0) is 19.3 Å². The lowest BCUT2D eigenvalue weighted by molar-refractivity contribution is -0.00871. The van der Waals surface area contributed by atoms with Crippen LogP contribution in [0.1, 0.15) is 19.3 Å². The molecule has 8 radical (unpaired) electrons. The number of aliphatic hydroxyl groups excluding tert-OH is 3. The van der Waals surface area contributed by atoms with Gasteiger partial charge in [-0.15, -0.1) is 0 Å². The Labute approximate surface area is 468 Å². The van der Waals surface area contributed by atoms with Crippen LogP contribution < -0.4 is 0 Å². The summed E-state index contributed by atoms with van der Waals surface area (Å²) in [5.41, 5.74) is 0. The van der Waals surface area contributed by atoms with Crippen LogP contribution >= 0.6 is 93.9 Å². The molecule has 0 amide bonds. The number of rotatable bonds is 28. The summed E-state index contributed by atoms with van der Waals surface area (Å²) in [5.74, 6) is 0. The van der Waals surface area contributed by atoms with Gasteiger partial charge in [-0.3, -0.25) is 18.1 Å². The predicted molar refractivity (Wildman–Crippen MR) is 258 cm³/mol. The second kappa shape index (κ2) is 32.8. The van der Waals surface area contributed by atoms with Gasteiger partial charge in [0.1, 0.15) is 49.7 Å². The smallest absolute Gasteiger partial charge is 0.390 e. The predicted octanol–water partition coefficient (Wildman–Crippen LogP) is -3.30. The zero-order valence-electron chi connectivity index (χ0n) is 40.1. The molecule has 19 N–H and O–H groups in total. The van der Waals surface area contributed by atoms with E-state index in [1.165, 1.54) is 12.2 Å². The summed E-state index contributed by atoms with van der Waals surface area (Å²) in [6, 6.07) is -3.35. The van der Waals surface area contributed by atoms with E-state index in [1.807, 2.05) is 0 Å². The van der Waals surface area contributed by atoms with Crippen molar-refractivity contribution < 1.29 is 220 Å². The van der Waals surface area contributed by atoms with Crippen LogP contribution in [0.2, 0.25) is 0 Å². The number of ether oxygens (including phenoxy) is 4. The zero-order chi connectivity index (χ0) is 65.0. The minimum Gasteiger partial charge on any atom is -0.390 e. The zero-order valence-corrected chi connectivity index (χ0v) is 50.8. The molecular formula is C20H46B4O47P12. The molecule has 47 nitrogen and oxygen atoms in total. The quantitative estimate of drug-likeness (QED) is 0.0207. The summed E-state index contributed by atoms with van der Waals surface area (Å²) in [6.45, 7) is -2.63. The maximum atomic E-state index is 11.4. The molecule has 63 heteroatoms. The molecule has 19 atom stereocenters. The molecule has 0 saturated carbocycles. The van der Waals surface area contributed by atoms with Gasteiger partial charge in [0.2, 0.25) is 0 Å². The van der Waals surface area contributed by atoms with E-state index < -0.39 is 187 Å². The number of phosphoric acid groups is 12. The number of phosphoric ester groups is 4. The third-order valence-corrected chi connectivity index (χ3v) is 23.1. The van der Waals surface area contributed by atoms with Crippen molar-refractivity contribution in [2.75, 3.05) is 26.4 Å². The van der Waals surface area contributed by atoms with Crippen LogP contribution in [0.5, 0.6) is 0 Å². The van der Waals surface area contributed by atoms with Gasteiger partial charge in [0.15, 0.2) is 0 Å². The van der Waals surface area contributed by atoms with E-state index in [0.29, 0.717) is 12.8 Å². The summed E-state index contributed by atoms with van der Waals surface area (Å²) >= 11 is 0. The first-order valence-corrected chi connectivity index (χ1v) is 38.4. The average molecular weight is 1450 g/mol. The molecule has 480 valence electrons. The fourth-order valence-electron chi connectivity index (χ4n) is 5.20. The molecule has 4 aliphatic heterocycles. The maximum Gasteiger partial charge on any atom is 0.490 e. The topological polar surface area (TPSA) is 737 Å². The maximum absolute atomic E-state index is 11.4. The third-order valence-electron chi connectivity index (χ3n) is 7.93. The molecule has 0 aromatic rings. The molecule has 19 unspecified atom stereocenters. The molecule has 4 heterocycles. The fraction of sp³-hybridized carbons (Fsp3) is 0.900. The molecule has 3 saturated heterocycles. The second-order valence-electron chi connectivity index (χ2n) is 15.1. The van der Waals surface area contributed by atoms with Crippen molar-refractivity contribution in [3.63, 3.8) is 0 Å². The summed E-state index contributed by atoms with van der Waals surface area (Å²) < 4.78 is 196. The first kappa shape index (κ1) is 82.4. The van der Waals surface area contributed by atoms with Gasteiger partial charge in [-0.25, -0.2) is 54.8 Å². The van der Waals surface area contributed by atoms with Crippen LogP contribution in [0.25, 0.3) is 0 Å². The lowest BCUT2D eigenvalue weighted by atomic mass is 9.93. The Kier molecular flexibility index (Phi) is 32.5. The van der Waals surface area contributed by atoms with Crippen molar-refractivity contribution in [2.45, 2.75) is 86.0 Å². The lowest BCUT2D eigenvalue weighted by Gasteiger charge is -2.19. The van der Waals surface area contributed by atoms with Crippen LogP contribution in [0.15, 0.2) is 12.2 Å². The van der Waals surface area contributed by atoms with Gasteiger partial charge in [0.25, 0.3) is 0 Å². The Morgan fingerprint density at radius 3 is 1.00 bits per heavy atom. The van der Waals surface area contributed by atoms with Gasteiger partial charge < -0.3 is 113 Å². The first-order valence-electron chi connectivity index (χ1n) is 20.3. The SMILES string of the molecule is [B]C1C=CC(COP(=O)(O)OP(=O)(O)OP(=O)(O)O)O1.[B]C1CC(O)C(COP(=O)(O)OP(=O)(O)OP(=O)(O)O)O1.[B]C1CCC(COP(=O)(O)OP(=O)(O)OP(=O)(O)O)O1.[B]C1OC(COP(=O)(O)OP(=O)(O)OP(=O)(O)O)C(O)C1O. The van der Waals surface area contributed by atoms with Crippen molar-refractivity contribution in [2.24, 2.45) is 0 Å². The molecule has 0 aromatic heterocycles. The molecule has 0 aromatic carbocycles. The number of aliphatic hydroxyl groups is 3. The van der Waals surface area contributed by atoms with Gasteiger partial charge in [-0.2, -0.15) is 34.5 Å². The van der Waals surface area contributed by atoms with Gasteiger partial charge in [-0.1, -0.05) is 12.2 Å². The standard InChI is InChI=1S/C5H12BO13P3.C5H12BO12P3.C5H12BO11P3.C5H10BO11P3/c6-5-4(8)3(7)2(17-5)1-16-21(12,13)19-22(14,15)18-20(9,10)11;6-5-1-3(7)4(16-5)2-15-20(11,12)18-21(13,14)17-19(8,9)10;2*6-5-2-1-4(15-5)3-14-19(10,11)17-20(12,13)16-18(7,8)9/h2-5,7-8H,1H2,(H,12,13)(H,14,15)(H2,9,10,11);3-5,7H,1-2H2,(H,11,12)(H,13,14)(H2,8,9,10);4-5H,1-3H2,(H,10,11)(H,12,13)(H2,7,8,9);1-2,4-5H,3H2,(H,10,11)(H,12,13)(H2,7,8,9). The molecule has 0 aliphatic carbocycles. The summed E-state index contributed by atoms with van der Waals surface area (Å²) in [5, 5.41) is 28.1. The Bertz CT molecular complexity index is 2750. The van der Waals surface area contributed by atoms with Crippen LogP contribution in [0.4, 0.5) is 0 Å². The highest BCUT2D eigenvalue weighted by Crippen LogP contribution is 2.69. The Balaban J connectivity index is 0.000000554. The third kappa shape index (κ3) is 38.7. The van der Waals surface area contributed by atoms with Crippen molar-refractivity contribution >= 4 is 125 Å². The largest absolute Gasteiger partial charge is 0.490 e. The molecular weight excluding hydrogens is 1410 g/mol. The van der Waals surface area contributed by atoms with Gasteiger partial charge in [0, 0.05) is 24.0 Å². The summed E-state index contributed by atoms with van der Waals surface area (Å²) in [4.78, 5) is 139. The molecule has 0 bridgehead atoms. The highest BCUT2D eigenvalue weighted by molar-refractivity contribution is 7.68. The molecule has 4 aliphatic rings. The lowest BCUT2D eigenvalue weighted by Crippen LogP contribution is -2.34. The van der Waals surface area contributed by atoms with E-state index in [1.54, 1.807) is 0 Å². The van der Waals surface area contributed by atoms with Crippen molar-refractivity contribution in [3.8, 4) is 0 Å². The average Bonchev–Trinajstić information content (AvgIpc) is 3.97. The summed E-state index contributed by atoms with van der Waals surface area (Å²) in [6.07, 6.45) is -4.12. The van der Waals surface area contributed by atoms with Crippen molar-refractivity contribution in [3.05, 3.63) is 12.2 Å². The molecule has 0 spiro atoms. The fourth-order valence-corrected chi connectivity index (χ4v) is 17.3. The Hall–Kier alpha value is 1.36. The minimum absolute atomic E-state index is 0.0461. The Morgan fingerprint density at radius 1 is 0.373 bits per heavy atom. The van der Waals surface area contributed by atoms with E-state index in [4.69, 9.17) is 129 Å². The van der Waals surface area contributed by atoms with Crippen LogP contribution in [-0.4, -0.2) is 218 Å². The first-order chi connectivity index (χ1) is 36.8. The Morgan fingerprint density at radius 2 is 0.723 bits per heavy atom. The van der Waals surface area contributed by atoms with E-state index in [9.17, 15) is 70.1 Å². The highest BCUT2D eigenvalue weighted by atomic mass is 31.3. The monoisotopic (exact) mass is 1450 g/mol. The van der Waals surface area contributed by atoms with Crippen LogP contribution in [0, 0.1) is 0 Å². The van der Waals surface area contributed by atoms with Crippen molar-refractivity contribution in [1.29, 1.82) is 0 Å². The molecule has 3 fully saturated rings. The molecule has 83 heavy (non-hydrogen) atoms. The number of hydrogen-bond donors (Lipinski definition) is 19. The van der Waals surface area contributed by atoms with E-state index in [-0.39, 0.29) is 6.42 Å². The van der Waals surface area contributed by atoms with E-state index in [2.05, 4.69) is 52.6 Å². The highest BCUT2D eigenvalue weighted by Gasteiger charge is 2.47. The van der Waals surface area contributed by atoms with E-state index >= 15 is 0 Å². The number of hydrogen-bond acceptors (Lipinski definition) is 31. The van der Waals surface area contributed by atoms with Crippen molar-refractivity contribution in [1.82, 2.24) is 0 Å². The summed E-state index contributed by atoms with van der Waals surface area (Å²) in [7, 11) is -43.3. The molecule has 4 rings (SSSR count). The van der Waals surface area contributed by atoms with Crippen LogP contribution in [0.3, 0.4) is 0 Å². The van der Waals surface area contributed by atoms with Gasteiger partial charge >= 0.3 is 93.9 Å². The normalized spacial score (nSPS) is 31.7. The second-order valence-corrected chi connectivity index (χ2v) is 32.8. The van der Waals surface area contributed by atoms with E-state index in [0.717, 1.165) is 0 Å². The van der Waals surface area contributed by atoms with Gasteiger partial charge in [0.05, 0.1) is 50.8 Å².